The number of rotatable bonds is 5. The van der Waals surface area contributed by atoms with Crippen LogP contribution in [0.4, 0.5) is 13.2 Å². The number of thioether (sulfide) groups is 1. The first-order chi connectivity index (χ1) is 10.3. The zero-order valence-corrected chi connectivity index (χ0v) is 13.1. The maximum atomic E-state index is 12.6. The molecule has 0 bridgehead atoms. The van der Waals surface area contributed by atoms with E-state index in [4.69, 9.17) is 4.42 Å². The minimum atomic E-state index is -4.35. The third-order valence-corrected chi connectivity index (χ3v) is 4.21. The molecule has 2 rings (SSSR count). The van der Waals surface area contributed by atoms with E-state index in [1.54, 1.807) is 17.8 Å². The number of furan rings is 1. The lowest BCUT2D eigenvalue weighted by Crippen LogP contribution is -2.03. The third-order valence-electron chi connectivity index (χ3n) is 3.11. The molecular formula is C16H17F3O2S. The Labute approximate surface area is 131 Å². The molecule has 0 saturated heterocycles. The van der Waals surface area contributed by atoms with Crippen LogP contribution in [0.15, 0.2) is 34.7 Å². The zero-order chi connectivity index (χ0) is 16.3. The van der Waals surface area contributed by atoms with Crippen LogP contribution in [0.2, 0.25) is 0 Å². The molecule has 2 aromatic rings. The van der Waals surface area contributed by atoms with Crippen molar-refractivity contribution in [1.82, 2.24) is 0 Å². The molecule has 0 radical (unpaired) electrons. The summed E-state index contributed by atoms with van der Waals surface area (Å²) in [6.45, 7) is 3.96. The molecule has 1 aromatic heterocycles. The lowest BCUT2D eigenvalue weighted by molar-refractivity contribution is -0.137. The molecule has 6 heteroatoms. The van der Waals surface area contributed by atoms with Crippen LogP contribution < -0.4 is 0 Å². The van der Waals surface area contributed by atoms with Gasteiger partial charge in [-0.2, -0.15) is 24.9 Å². The molecule has 0 amide bonds. The predicted molar refractivity (Wildman–Crippen MR) is 81.5 cm³/mol. The molecule has 0 aliphatic carbocycles. The number of benzene rings is 1. The molecule has 2 nitrogen and oxygen atoms in total. The van der Waals surface area contributed by atoms with Crippen molar-refractivity contribution < 1.29 is 22.7 Å². The molecule has 1 aromatic carbocycles. The lowest BCUT2D eigenvalue weighted by Gasteiger charge is -2.06. The summed E-state index contributed by atoms with van der Waals surface area (Å²) < 4.78 is 43.4. The van der Waals surface area contributed by atoms with Crippen LogP contribution in [-0.2, 0) is 18.5 Å². The largest absolute Gasteiger partial charge is 0.460 e. The fourth-order valence-electron chi connectivity index (χ4n) is 1.93. The maximum absolute atomic E-state index is 12.6. The SMILES string of the molecule is CC(C)SCc1oc(-c2ccc(C(F)(F)F)cc2)cc1CO. The Kier molecular flexibility index (Phi) is 5.24. The van der Waals surface area contributed by atoms with Gasteiger partial charge in [-0.25, -0.2) is 0 Å². The van der Waals surface area contributed by atoms with Crippen LogP contribution in [-0.4, -0.2) is 10.4 Å². The average Bonchev–Trinajstić information content (AvgIpc) is 2.87. The molecular weight excluding hydrogens is 313 g/mol. The highest BCUT2D eigenvalue weighted by Gasteiger charge is 2.30. The minimum absolute atomic E-state index is 0.155. The summed E-state index contributed by atoms with van der Waals surface area (Å²) in [5, 5.41) is 9.80. The van der Waals surface area contributed by atoms with Gasteiger partial charge in [-0.1, -0.05) is 26.0 Å². The molecule has 0 spiro atoms. The second kappa shape index (κ2) is 6.79. The Hall–Kier alpha value is -1.40. The van der Waals surface area contributed by atoms with Crippen molar-refractivity contribution in [3.8, 4) is 11.3 Å². The minimum Gasteiger partial charge on any atom is -0.460 e. The number of aliphatic hydroxyl groups is 1. The van der Waals surface area contributed by atoms with E-state index in [2.05, 4.69) is 13.8 Å². The maximum Gasteiger partial charge on any atom is 0.416 e. The van der Waals surface area contributed by atoms with Gasteiger partial charge in [-0.15, -0.1) is 0 Å². The van der Waals surface area contributed by atoms with Crippen LogP contribution in [0.25, 0.3) is 11.3 Å². The van der Waals surface area contributed by atoms with Gasteiger partial charge in [0.05, 0.1) is 17.9 Å². The second-order valence-corrected chi connectivity index (χ2v) is 6.72. The Morgan fingerprint density at radius 1 is 1.18 bits per heavy atom. The molecule has 0 aliphatic rings. The highest BCUT2D eigenvalue weighted by atomic mass is 32.2. The Balaban J connectivity index is 2.25. The molecule has 0 aliphatic heterocycles. The van der Waals surface area contributed by atoms with Gasteiger partial charge in [-0.05, 0) is 23.4 Å². The Morgan fingerprint density at radius 2 is 1.82 bits per heavy atom. The second-order valence-electron chi connectivity index (χ2n) is 5.15. The summed E-state index contributed by atoms with van der Waals surface area (Å²) in [4.78, 5) is 0. The van der Waals surface area contributed by atoms with Crippen LogP contribution in [0, 0.1) is 0 Å². The first-order valence-electron chi connectivity index (χ1n) is 6.83. The molecule has 1 heterocycles. The van der Waals surface area contributed by atoms with Gasteiger partial charge < -0.3 is 9.52 Å². The summed E-state index contributed by atoms with van der Waals surface area (Å²) in [6.07, 6.45) is -4.35. The number of alkyl halides is 3. The summed E-state index contributed by atoms with van der Waals surface area (Å²) in [6, 6.07) is 6.49. The van der Waals surface area contributed by atoms with Gasteiger partial charge in [-0.3, -0.25) is 0 Å². The van der Waals surface area contributed by atoms with Gasteiger partial charge in [0.2, 0.25) is 0 Å². The van der Waals surface area contributed by atoms with Crippen molar-refractivity contribution in [3.63, 3.8) is 0 Å². The van der Waals surface area contributed by atoms with Gasteiger partial charge in [0.25, 0.3) is 0 Å². The summed E-state index contributed by atoms with van der Waals surface area (Å²) in [7, 11) is 0. The molecule has 120 valence electrons. The van der Waals surface area contributed by atoms with Crippen molar-refractivity contribution in [2.24, 2.45) is 0 Å². The van der Waals surface area contributed by atoms with E-state index in [1.807, 2.05) is 0 Å². The summed E-state index contributed by atoms with van der Waals surface area (Å²) in [5.74, 6) is 1.75. The number of hydrogen-bond acceptors (Lipinski definition) is 3. The first kappa shape index (κ1) is 17.0. The van der Waals surface area contributed by atoms with Gasteiger partial charge in [0.15, 0.2) is 0 Å². The zero-order valence-electron chi connectivity index (χ0n) is 12.3. The smallest absolute Gasteiger partial charge is 0.416 e. The van der Waals surface area contributed by atoms with Crippen LogP contribution in [0.1, 0.15) is 30.7 Å². The molecule has 0 fully saturated rings. The molecule has 1 N–H and O–H groups in total. The van der Waals surface area contributed by atoms with E-state index in [-0.39, 0.29) is 6.61 Å². The monoisotopic (exact) mass is 330 g/mol. The van der Waals surface area contributed by atoms with Gasteiger partial charge in [0.1, 0.15) is 11.5 Å². The molecule has 0 saturated carbocycles. The normalized spacial score (nSPS) is 12.1. The molecule has 22 heavy (non-hydrogen) atoms. The quantitative estimate of drug-likeness (QED) is 0.828. The van der Waals surface area contributed by atoms with Crippen molar-refractivity contribution >= 4 is 11.8 Å². The van der Waals surface area contributed by atoms with Crippen molar-refractivity contribution in [3.05, 3.63) is 47.2 Å². The fourth-order valence-corrected chi connectivity index (χ4v) is 2.66. The standard InChI is InChI=1S/C16H17F3O2S/c1-10(2)22-9-15-12(8-20)7-14(21-15)11-3-5-13(6-4-11)16(17,18)19/h3-7,10,20H,8-9H2,1-2H3. The van der Waals surface area contributed by atoms with E-state index >= 15 is 0 Å². The third kappa shape index (κ3) is 4.08. The average molecular weight is 330 g/mol. The van der Waals surface area contributed by atoms with E-state index < -0.39 is 11.7 Å². The number of hydrogen-bond donors (Lipinski definition) is 1. The highest BCUT2D eigenvalue weighted by Crippen LogP contribution is 2.33. The lowest BCUT2D eigenvalue weighted by atomic mass is 10.1. The topological polar surface area (TPSA) is 33.4 Å². The summed E-state index contributed by atoms with van der Waals surface area (Å²) >= 11 is 1.67. The van der Waals surface area contributed by atoms with Gasteiger partial charge in [0, 0.05) is 11.1 Å². The molecule has 0 atom stereocenters. The Bertz CT molecular complexity index is 615. The van der Waals surface area contributed by atoms with Crippen molar-refractivity contribution in [2.75, 3.05) is 0 Å². The van der Waals surface area contributed by atoms with Crippen LogP contribution in [0.3, 0.4) is 0 Å². The van der Waals surface area contributed by atoms with Crippen molar-refractivity contribution in [1.29, 1.82) is 0 Å². The highest BCUT2D eigenvalue weighted by molar-refractivity contribution is 7.99. The van der Waals surface area contributed by atoms with E-state index in [0.29, 0.717) is 33.7 Å². The van der Waals surface area contributed by atoms with Gasteiger partial charge >= 0.3 is 6.18 Å². The van der Waals surface area contributed by atoms with Crippen LogP contribution in [0.5, 0.6) is 0 Å². The molecule has 0 unspecified atom stereocenters. The first-order valence-corrected chi connectivity index (χ1v) is 7.88. The van der Waals surface area contributed by atoms with Crippen molar-refractivity contribution in [2.45, 2.75) is 37.6 Å². The number of halogens is 3. The van der Waals surface area contributed by atoms with E-state index in [0.717, 1.165) is 12.1 Å². The van der Waals surface area contributed by atoms with E-state index in [9.17, 15) is 18.3 Å². The Morgan fingerprint density at radius 3 is 2.32 bits per heavy atom. The predicted octanol–water partition coefficient (Wildman–Crippen LogP) is 5.10. The fraction of sp³-hybridized carbons (Fsp3) is 0.375. The summed E-state index contributed by atoms with van der Waals surface area (Å²) in [5.41, 5.74) is 0.535. The van der Waals surface area contributed by atoms with E-state index in [1.165, 1.54) is 12.1 Å². The number of aliphatic hydroxyl groups excluding tert-OH is 1. The van der Waals surface area contributed by atoms with Crippen LogP contribution >= 0.6 is 11.8 Å².